The molecule has 0 fully saturated rings. The van der Waals surface area contributed by atoms with Crippen molar-refractivity contribution in [2.45, 2.75) is 18.3 Å². The molecule has 3 aromatic carbocycles. The van der Waals surface area contributed by atoms with Crippen LogP contribution in [0.15, 0.2) is 102 Å². The van der Waals surface area contributed by atoms with Gasteiger partial charge in [0.15, 0.2) is 11.6 Å². The summed E-state index contributed by atoms with van der Waals surface area (Å²) in [5, 5.41) is 0. The fraction of sp³-hybridized carbons (Fsp3) is 0.111. The number of carbonyl (C=O) groups excluding carboxylic acids is 2. The van der Waals surface area contributed by atoms with Gasteiger partial charge in [0.1, 0.15) is 5.41 Å². The van der Waals surface area contributed by atoms with Crippen LogP contribution in [0.3, 0.4) is 0 Å². The quantitative estimate of drug-likeness (QED) is 0.340. The van der Waals surface area contributed by atoms with Crippen molar-refractivity contribution in [2.24, 2.45) is 0 Å². The molecule has 0 radical (unpaired) electrons. The Bertz CT molecular complexity index is 1170. The first-order valence-electron chi connectivity index (χ1n) is 9.93. The molecule has 2 heteroatoms. The third-order valence-electron chi connectivity index (χ3n) is 6.02. The average molecular weight is 376 g/mol. The van der Waals surface area contributed by atoms with E-state index in [2.05, 4.69) is 6.08 Å². The van der Waals surface area contributed by atoms with E-state index in [1.54, 1.807) is 18.2 Å². The van der Waals surface area contributed by atoms with Gasteiger partial charge in [0.25, 0.3) is 0 Å². The SMILES string of the molecule is O=C(C1=Cc2ccccc2C(C2=CCC2)(c2ccccc2)C1=O)c1ccccc1. The fourth-order valence-electron chi connectivity index (χ4n) is 4.53. The molecule has 1 unspecified atom stereocenters. The van der Waals surface area contributed by atoms with Crippen LogP contribution in [0.1, 0.15) is 39.9 Å². The Balaban J connectivity index is 1.79. The predicted octanol–water partition coefficient (Wildman–Crippen LogP) is 5.54. The number of hydrogen-bond acceptors (Lipinski definition) is 2. The fourth-order valence-corrected chi connectivity index (χ4v) is 4.53. The second-order valence-electron chi connectivity index (χ2n) is 7.55. The first-order valence-corrected chi connectivity index (χ1v) is 9.93. The van der Waals surface area contributed by atoms with Gasteiger partial charge in [0.05, 0.1) is 5.57 Å². The van der Waals surface area contributed by atoms with Crippen LogP contribution in [-0.2, 0) is 10.2 Å². The van der Waals surface area contributed by atoms with E-state index in [0.717, 1.165) is 35.1 Å². The Morgan fingerprint density at radius 3 is 2.07 bits per heavy atom. The minimum atomic E-state index is -0.926. The summed E-state index contributed by atoms with van der Waals surface area (Å²) in [6, 6.07) is 26.9. The normalized spacial score (nSPS) is 20.2. The summed E-state index contributed by atoms with van der Waals surface area (Å²) in [4.78, 5) is 27.5. The van der Waals surface area contributed by atoms with Crippen molar-refractivity contribution in [3.8, 4) is 0 Å². The molecule has 0 aliphatic heterocycles. The minimum Gasteiger partial charge on any atom is -0.292 e. The van der Waals surface area contributed by atoms with Crippen molar-refractivity contribution < 1.29 is 9.59 Å². The molecule has 2 aliphatic carbocycles. The number of Topliss-reactive ketones (excluding diaryl/α,β-unsaturated/α-hetero) is 2. The van der Waals surface area contributed by atoms with Gasteiger partial charge in [-0.05, 0) is 35.6 Å². The van der Waals surface area contributed by atoms with Gasteiger partial charge in [-0.25, -0.2) is 0 Å². The number of allylic oxidation sites excluding steroid dienone is 3. The largest absolute Gasteiger partial charge is 0.292 e. The maximum Gasteiger partial charge on any atom is 0.196 e. The van der Waals surface area contributed by atoms with Gasteiger partial charge in [-0.1, -0.05) is 96.6 Å². The van der Waals surface area contributed by atoms with Crippen molar-refractivity contribution in [1.82, 2.24) is 0 Å². The van der Waals surface area contributed by atoms with Crippen LogP contribution in [0.5, 0.6) is 0 Å². The molecule has 5 rings (SSSR count). The Morgan fingerprint density at radius 1 is 0.793 bits per heavy atom. The molecule has 0 spiro atoms. The van der Waals surface area contributed by atoms with Gasteiger partial charge < -0.3 is 0 Å². The maximum atomic E-state index is 14.1. The standard InChI is InChI=1S/C27H20O2/c28-25(19-10-3-1-4-11-19)23-18-20-12-7-8-17-24(20)27(26(23)29,22-15-9-16-22)21-13-5-2-6-14-21/h1-8,10-15,17-18H,9,16H2. The highest BCUT2D eigenvalue weighted by Crippen LogP contribution is 2.50. The van der Waals surface area contributed by atoms with Crippen LogP contribution in [-0.4, -0.2) is 11.6 Å². The highest BCUT2D eigenvalue weighted by molar-refractivity contribution is 6.34. The molecule has 29 heavy (non-hydrogen) atoms. The summed E-state index contributed by atoms with van der Waals surface area (Å²) < 4.78 is 0. The van der Waals surface area contributed by atoms with Crippen molar-refractivity contribution >= 4 is 17.6 Å². The predicted molar refractivity (Wildman–Crippen MR) is 115 cm³/mol. The van der Waals surface area contributed by atoms with Crippen molar-refractivity contribution in [3.05, 3.63) is 124 Å². The summed E-state index contributed by atoms with van der Waals surface area (Å²) in [6.45, 7) is 0. The van der Waals surface area contributed by atoms with E-state index >= 15 is 0 Å². The van der Waals surface area contributed by atoms with Crippen LogP contribution < -0.4 is 0 Å². The zero-order valence-electron chi connectivity index (χ0n) is 16.0. The topological polar surface area (TPSA) is 34.1 Å². The van der Waals surface area contributed by atoms with Crippen LogP contribution in [0.2, 0.25) is 0 Å². The van der Waals surface area contributed by atoms with E-state index in [4.69, 9.17) is 0 Å². The van der Waals surface area contributed by atoms with Gasteiger partial charge in [-0.15, -0.1) is 0 Å². The number of hydrogen-bond donors (Lipinski definition) is 0. The molecule has 0 bridgehead atoms. The van der Waals surface area contributed by atoms with Crippen molar-refractivity contribution in [1.29, 1.82) is 0 Å². The summed E-state index contributed by atoms with van der Waals surface area (Å²) in [7, 11) is 0. The minimum absolute atomic E-state index is 0.123. The Hall–Kier alpha value is -3.52. The summed E-state index contributed by atoms with van der Waals surface area (Å²) in [5.74, 6) is -0.340. The van der Waals surface area contributed by atoms with E-state index in [0.29, 0.717) is 5.56 Å². The lowest BCUT2D eigenvalue weighted by Gasteiger charge is -2.42. The smallest absolute Gasteiger partial charge is 0.196 e. The number of benzene rings is 3. The van der Waals surface area contributed by atoms with Gasteiger partial charge in [-0.3, -0.25) is 9.59 Å². The van der Waals surface area contributed by atoms with Crippen molar-refractivity contribution in [3.63, 3.8) is 0 Å². The summed E-state index contributed by atoms with van der Waals surface area (Å²) in [6.07, 6.45) is 5.75. The van der Waals surface area contributed by atoms with Gasteiger partial charge in [0.2, 0.25) is 0 Å². The highest BCUT2D eigenvalue weighted by Gasteiger charge is 2.51. The van der Waals surface area contributed by atoms with Crippen LogP contribution >= 0.6 is 0 Å². The van der Waals surface area contributed by atoms with E-state index in [-0.39, 0.29) is 17.1 Å². The highest BCUT2D eigenvalue weighted by atomic mass is 16.2. The third kappa shape index (κ3) is 2.56. The number of ketones is 2. The number of rotatable bonds is 4. The lowest BCUT2D eigenvalue weighted by molar-refractivity contribution is -0.118. The van der Waals surface area contributed by atoms with E-state index in [1.165, 1.54) is 0 Å². The first kappa shape index (κ1) is 17.6. The molecule has 0 amide bonds. The maximum absolute atomic E-state index is 14.1. The third-order valence-corrected chi connectivity index (χ3v) is 6.02. The van der Waals surface area contributed by atoms with E-state index in [1.807, 2.05) is 72.8 Å². The van der Waals surface area contributed by atoms with Gasteiger partial charge in [-0.2, -0.15) is 0 Å². The molecule has 140 valence electrons. The molecule has 2 aliphatic rings. The molecule has 0 aromatic heterocycles. The van der Waals surface area contributed by atoms with Gasteiger partial charge >= 0.3 is 0 Å². The molecular weight excluding hydrogens is 356 g/mol. The lowest BCUT2D eigenvalue weighted by Crippen LogP contribution is -2.45. The molecule has 0 N–H and O–H groups in total. The first-order chi connectivity index (χ1) is 14.2. The Labute approximate surface area is 170 Å². The zero-order valence-corrected chi connectivity index (χ0v) is 16.0. The average Bonchev–Trinajstić information content (AvgIpc) is 2.75. The van der Waals surface area contributed by atoms with Crippen molar-refractivity contribution in [2.75, 3.05) is 0 Å². The monoisotopic (exact) mass is 376 g/mol. The molecule has 3 aromatic rings. The second kappa shape index (κ2) is 6.82. The summed E-state index contributed by atoms with van der Waals surface area (Å²) >= 11 is 0. The van der Waals surface area contributed by atoms with Crippen LogP contribution in [0.25, 0.3) is 6.08 Å². The molecular formula is C27H20O2. The second-order valence-corrected chi connectivity index (χ2v) is 7.55. The molecule has 0 heterocycles. The molecule has 0 saturated carbocycles. The molecule has 2 nitrogen and oxygen atoms in total. The molecule has 0 saturated heterocycles. The molecule has 1 atom stereocenters. The lowest BCUT2D eigenvalue weighted by atomic mass is 9.58. The van der Waals surface area contributed by atoms with E-state index in [9.17, 15) is 9.59 Å². The summed E-state index contributed by atoms with van der Waals surface area (Å²) in [5.41, 5.74) is 3.78. The van der Waals surface area contributed by atoms with Crippen LogP contribution in [0, 0.1) is 0 Å². The Kier molecular flexibility index (Phi) is 4.13. The Morgan fingerprint density at radius 2 is 1.41 bits per heavy atom. The van der Waals surface area contributed by atoms with Crippen LogP contribution in [0.4, 0.5) is 0 Å². The van der Waals surface area contributed by atoms with E-state index < -0.39 is 5.41 Å². The zero-order chi connectivity index (χ0) is 19.8. The number of fused-ring (bicyclic) bond motifs is 1. The van der Waals surface area contributed by atoms with Gasteiger partial charge in [0, 0.05) is 5.56 Å². The number of carbonyl (C=O) groups is 2.